The molecule has 0 aromatic heterocycles. The van der Waals surface area contributed by atoms with E-state index in [2.05, 4.69) is 0 Å². The number of carbonyl (C=O) groups is 2. The van der Waals surface area contributed by atoms with Gasteiger partial charge in [0.25, 0.3) is 0 Å². The van der Waals surface area contributed by atoms with Gasteiger partial charge in [-0.25, -0.2) is 0 Å². The number of carbonyl (C=O) groups excluding carboxylic acids is 2. The van der Waals surface area contributed by atoms with Crippen molar-refractivity contribution in [1.29, 1.82) is 0 Å². The first-order chi connectivity index (χ1) is 9.17. The number of benzene rings is 1. The Hall–Kier alpha value is -1.42. The summed E-state index contributed by atoms with van der Waals surface area (Å²) >= 11 is -0.634. The minimum absolute atomic E-state index is 0. The molecule has 0 unspecified atom stereocenters. The molecular formula is C14H25GeNO6. The summed E-state index contributed by atoms with van der Waals surface area (Å²) in [5.74, 6) is -0.258. The molecule has 6 N–H and O–H groups in total. The maximum atomic E-state index is 12.0. The van der Waals surface area contributed by atoms with Crippen LogP contribution in [0.5, 0.6) is 0 Å². The molecule has 0 saturated heterocycles. The van der Waals surface area contributed by atoms with Crippen LogP contribution in [0.4, 0.5) is 0 Å². The van der Waals surface area contributed by atoms with Gasteiger partial charge >= 0.3 is 120 Å². The summed E-state index contributed by atoms with van der Waals surface area (Å²) in [6.07, 6.45) is 0.410. The second-order valence-corrected chi connectivity index (χ2v) is 6.73. The molecule has 0 aliphatic carbocycles. The molecule has 0 bridgehead atoms. The molecule has 0 spiro atoms. The van der Waals surface area contributed by atoms with Crippen LogP contribution in [0.2, 0.25) is 0 Å². The predicted molar refractivity (Wildman–Crippen MR) is 85.9 cm³/mol. The molecule has 126 valence electrons. The Balaban J connectivity index is -0.00000120. The summed E-state index contributed by atoms with van der Waals surface area (Å²) < 4.78 is 7.91. The molecule has 1 aromatic carbocycles. The van der Waals surface area contributed by atoms with E-state index in [0.29, 0.717) is 13.2 Å². The number of ether oxygens (including phenoxy) is 1. The first kappa shape index (κ1) is 25.5. The third-order valence-electron chi connectivity index (χ3n) is 2.50. The summed E-state index contributed by atoms with van der Waals surface area (Å²) in [5.41, 5.74) is 0. The van der Waals surface area contributed by atoms with Gasteiger partial charge < -0.3 is 16.4 Å². The minimum atomic E-state index is -0.634. The normalized spacial score (nSPS) is 8.64. The van der Waals surface area contributed by atoms with Gasteiger partial charge in [-0.1, -0.05) is 0 Å². The smallest absolute Gasteiger partial charge is 0.412 e. The van der Waals surface area contributed by atoms with Crippen molar-refractivity contribution in [2.24, 2.45) is 0 Å². The van der Waals surface area contributed by atoms with Crippen molar-refractivity contribution in [1.82, 2.24) is 3.86 Å². The monoisotopic (exact) mass is 377 g/mol. The number of nitrogens with zero attached hydrogens (tertiary/aromatic N) is 1. The maximum Gasteiger partial charge on any atom is -0.412 e. The molecular weight excluding hydrogens is 351 g/mol. The van der Waals surface area contributed by atoms with E-state index in [9.17, 15) is 9.59 Å². The second kappa shape index (κ2) is 14.5. The molecule has 1 rings (SSSR count). The van der Waals surface area contributed by atoms with E-state index in [-0.39, 0.29) is 41.1 Å². The van der Waals surface area contributed by atoms with E-state index in [1.165, 1.54) is 4.40 Å². The molecule has 0 heterocycles. The van der Waals surface area contributed by atoms with Gasteiger partial charge in [0.05, 0.1) is 0 Å². The third kappa shape index (κ3) is 9.51. The fourth-order valence-corrected chi connectivity index (χ4v) is 3.76. The standard InChI is InChI=1S/C14H19GeNO3.3H2O/c1-3-16(15-12-8-6-5-7-9-12)13(17)10-11-14(18)19-4-2;;;/h5-9H,3-4,10-11H2,1-2H3;3*1H2. The topological polar surface area (TPSA) is 141 Å². The summed E-state index contributed by atoms with van der Waals surface area (Å²) in [6.45, 7) is 4.79. The quantitative estimate of drug-likeness (QED) is 0.429. The van der Waals surface area contributed by atoms with Gasteiger partial charge in [0.15, 0.2) is 0 Å². The zero-order valence-electron chi connectivity index (χ0n) is 12.9. The fourth-order valence-electron chi connectivity index (χ4n) is 1.56. The number of rotatable bonds is 7. The summed E-state index contributed by atoms with van der Waals surface area (Å²) in [7, 11) is 0. The Morgan fingerprint density at radius 2 is 1.64 bits per heavy atom. The van der Waals surface area contributed by atoms with Crippen LogP contribution in [0, 0.1) is 0 Å². The van der Waals surface area contributed by atoms with E-state index in [0.717, 1.165) is 0 Å². The van der Waals surface area contributed by atoms with Crippen molar-refractivity contribution in [3.8, 4) is 0 Å². The Morgan fingerprint density at radius 3 is 2.14 bits per heavy atom. The Kier molecular flexibility index (Phi) is 16.8. The van der Waals surface area contributed by atoms with Crippen molar-refractivity contribution in [3.63, 3.8) is 0 Å². The van der Waals surface area contributed by atoms with Crippen LogP contribution in [0.15, 0.2) is 30.3 Å². The molecule has 1 amide bonds. The molecule has 1 aromatic rings. The molecule has 8 heteroatoms. The summed E-state index contributed by atoms with van der Waals surface area (Å²) in [4.78, 5) is 23.3. The zero-order chi connectivity index (χ0) is 14.1. The molecule has 0 atom stereocenters. The first-order valence-corrected chi connectivity index (χ1v) is 8.43. The number of amides is 1. The largest absolute Gasteiger partial charge is 0.412 e. The van der Waals surface area contributed by atoms with Gasteiger partial charge in [-0.15, -0.1) is 0 Å². The average molecular weight is 376 g/mol. The van der Waals surface area contributed by atoms with Crippen LogP contribution in [-0.2, 0) is 14.3 Å². The maximum absolute atomic E-state index is 12.0. The van der Waals surface area contributed by atoms with Gasteiger partial charge in [0, 0.05) is 0 Å². The second-order valence-electron chi connectivity index (χ2n) is 3.92. The number of hydrogen-bond acceptors (Lipinski definition) is 3. The van der Waals surface area contributed by atoms with Crippen LogP contribution >= 0.6 is 0 Å². The van der Waals surface area contributed by atoms with Gasteiger partial charge in [0.1, 0.15) is 0 Å². The van der Waals surface area contributed by atoms with Crippen molar-refractivity contribution >= 4 is 31.9 Å². The van der Waals surface area contributed by atoms with Crippen LogP contribution in [0.1, 0.15) is 26.7 Å². The predicted octanol–water partition coefficient (Wildman–Crippen LogP) is -1.35. The third-order valence-corrected chi connectivity index (χ3v) is 5.50. The molecule has 0 aliphatic heterocycles. The van der Waals surface area contributed by atoms with Crippen molar-refractivity contribution < 1.29 is 30.8 Å². The molecule has 22 heavy (non-hydrogen) atoms. The summed E-state index contributed by atoms with van der Waals surface area (Å²) in [5, 5.41) is 0. The van der Waals surface area contributed by atoms with Gasteiger partial charge in [-0.3, -0.25) is 0 Å². The number of hydrogen-bond donors (Lipinski definition) is 0. The van der Waals surface area contributed by atoms with Crippen molar-refractivity contribution in [2.45, 2.75) is 26.7 Å². The molecule has 0 aliphatic rings. The minimum Gasteiger partial charge on any atom is -0.412 e. The Labute approximate surface area is 137 Å². The molecule has 0 fully saturated rings. The first-order valence-electron chi connectivity index (χ1n) is 6.45. The zero-order valence-corrected chi connectivity index (χ0v) is 15.0. The van der Waals surface area contributed by atoms with Gasteiger partial charge in [-0.05, 0) is 0 Å². The van der Waals surface area contributed by atoms with Crippen LogP contribution in [0.3, 0.4) is 0 Å². The van der Waals surface area contributed by atoms with Crippen LogP contribution in [0.25, 0.3) is 0 Å². The van der Waals surface area contributed by atoms with E-state index in [4.69, 9.17) is 4.74 Å². The molecule has 0 saturated carbocycles. The molecule has 2 radical (unpaired) electrons. The SMILES string of the molecule is CCOC(=O)CCC(=O)[N](CC)[Ge][c]1ccccc1.O.O.O. The van der Waals surface area contributed by atoms with Crippen LogP contribution < -0.4 is 4.40 Å². The van der Waals surface area contributed by atoms with Gasteiger partial charge in [0.2, 0.25) is 0 Å². The van der Waals surface area contributed by atoms with E-state index >= 15 is 0 Å². The summed E-state index contributed by atoms with van der Waals surface area (Å²) in [6, 6.07) is 10.0. The van der Waals surface area contributed by atoms with E-state index in [1.807, 2.05) is 41.1 Å². The van der Waals surface area contributed by atoms with E-state index in [1.54, 1.807) is 6.92 Å². The number of esters is 1. The van der Waals surface area contributed by atoms with Crippen molar-refractivity contribution in [3.05, 3.63) is 30.3 Å². The Morgan fingerprint density at radius 1 is 1.05 bits per heavy atom. The molecule has 7 nitrogen and oxygen atoms in total. The van der Waals surface area contributed by atoms with E-state index < -0.39 is 15.7 Å². The fraction of sp³-hybridized carbons (Fsp3) is 0.429. The van der Waals surface area contributed by atoms with Gasteiger partial charge in [-0.2, -0.15) is 0 Å². The van der Waals surface area contributed by atoms with Crippen molar-refractivity contribution in [2.75, 3.05) is 13.2 Å². The Bertz CT molecular complexity index is 415. The average Bonchev–Trinajstić information content (AvgIpc) is 2.43. The van der Waals surface area contributed by atoms with Crippen LogP contribution in [-0.4, -0.2) is 61.0 Å².